The zero-order chi connectivity index (χ0) is 20.7. The van der Waals surface area contributed by atoms with Crippen LogP contribution in [0.25, 0.3) is 0 Å². The van der Waals surface area contributed by atoms with Gasteiger partial charge in [0.05, 0.1) is 15.6 Å². The maximum Gasteiger partial charge on any atom is 0.387 e. The molecule has 1 aliphatic rings. The van der Waals surface area contributed by atoms with Gasteiger partial charge in [0.15, 0.2) is 11.5 Å². The Kier molecular flexibility index (Phi) is 5.64. The second-order valence-corrected chi connectivity index (χ2v) is 15.2. The lowest BCUT2D eigenvalue weighted by Crippen LogP contribution is -2.49. The summed E-state index contributed by atoms with van der Waals surface area (Å²) >= 11 is 1.43. The number of ether oxygens (including phenoxy) is 2. The average Bonchev–Trinajstić information content (AvgIpc) is 3.26. The molecule has 1 aliphatic carbocycles. The fraction of sp³-hybridized carbons (Fsp3) is 0.500. The van der Waals surface area contributed by atoms with E-state index < -0.39 is 14.7 Å². The molecule has 0 aliphatic heterocycles. The van der Waals surface area contributed by atoms with Crippen LogP contribution in [0.5, 0.6) is 11.5 Å². The monoisotopic (exact) mass is 425 g/mol. The van der Waals surface area contributed by atoms with E-state index in [1.165, 1.54) is 29.5 Å². The number of carbonyl (C=O) groups is 1. The summed E-state index contributed by atoms with van der Waals surface area (Å²) in [7, 11) is -1.83. The molecule has 1 heterocycles. The van der Waals surface area contributed by atoms with Crippen LogP contribution in [0, 0.1) is 0 Å². The van der Waals surface area contributed by atoms with Gasteiger partial charge in [-0.25, -0.2) is 0 Å². The molecule has 28 heavy (non-hydrogen) atoms. The lowest BCUT2D eigenvalue weighted by molar-refractivity contribution is -0.0516. The Bertz CT molecular complexity index is 873. The van der Waals surface area contributed by atoms with Crippen molar-refractivity contribution in [1.82, 2.24) is 4.98 Å². The quantitative estimate of drug-likeness (QED) is 0.450. The molecule has 0 radical (unpaired) electrons. The number of thiazole rings is 1. The summed E-state index contributed by atoms with van der Waals surface area (Å²) in [6.07, 6.45) is 3.36. The number of hydrogen-bond acceptors (Lipinski definition) is 5. The molecule has 1 aromatic heterocycles. The van der Waals surface area contributed by atoms with Crippen LogP contribution in [-0.2, 0) is 0 Å². The Labute approximate surface area is 168 Å². The van der Waals surface area contributed by atoms with Gasteiger partial charge in [-0.05, 0) is 36.1 Å². The minimum absolute atomic E-state index is 0.000957. The fourth-order valence-electron chi connectivity index (χ4n) is 2.43. The highest BCUT2D eigenvalue weighted by Crippen LogP contribution is 2.37. The first-order valence-corrected chi connectivity index (χ1v) is 13.1. The van der Waals surface area contributed by atoms with E-state index in [0.717, 1.165) is 17.5 Å². The largest absolute Gasteiger partial charge is 0.487 e. The van der Waals surface area contributed by atoms with Crippen molar-refractivity contribution in [3.05, 3.63) is 34.8 Å². The van der Waals surface area contributed by atoms with E-state index >= 15 is 0 Å². The highest BCUT2D eigenvalue weighted by molar-refractivity contribution is 7.27. The van der Waals surface area contributed by atoms with Gasteiger partial charge >= 0.3 is 6.61 Å². The molecule has 0 unspecified atom stereocenters. The molecule has 0 N–H and O–H groups in total. The van der Waals surface area contributed by atoms with Gasteiger partial charge in [0.2, 0.25) is 5.78 Å². The maximum atomic E-state index is 13.0. The van der Waals surface area contributed by atoms with E-state index in [1.807, 2.05) is 0 Å². The van der Waals surface area contributed by atoms with E-state index in [9.17, 15) is 13.6 Å². The number of benzene rings is 1. The van der Waals surface area contributed by atoms with Crippen molar-refractivity contribution in [1.29, 1.82) is 0 Å². The second-order valence-electron chi connectivity index (χ2n) is 8.59. The minimum atomic E-state index is -2.95. The SMILES string of the molecule is CC(C)(C)[Si](C)(C)c1ncc(C(=O)c2ccc(OC(F)F)c(OC3CC3)c2)s1. The highest BCUT2D eigenvalue weighted by atomic mass is 32.1. The molecule has 8 heteroatoms. The molecule has 0 bridgehead atoms. The van der Waals surface area contributed by atoms with Crippen LogP contribution in [-0.4, -0.2) is 31.6 Å². The predicted octanol–water partition coefficient (Wildman–Crippen LogP) is 5.23. The topological polar surface area (TPSA) is 48.4 Å². The van der Waals surface area contributed by atoms with Gasteiger partial charge in [0.25, 0.3) is 0 Å². The van der Waals surface area contributed by atoms with Crippen LogP contribution in [0.1, 0.15) is 48.8 Å². The second kappa shape index (κ2) is 7.55. The lowest BCUT2D eigenvalue weighted by atomic mass is 10.1. The Morgan fingerprint density at radius 1 is 1.25 bits per heavy atom. The number of ketones is 1. The van der Waals surface area contributed by atoms with E-state index in [1.54, 1.807) is 6.20 Å². The Balaban J connectivity index is 1.88. The highest BCUT2D eigenvalue weighted by Gasteiger charge is 2.40. The van der Waals surface area contributed by atoms with Crippen molar-refractivity contribution in [3.8, 4) is 11.5 Å². The first-order valence-electron chi connectivity index (χ1n) is 9.25. The number of alkyl halides is 2. The molecule has 2 aromatic rings. The van der Waals surface area contributed by atoms with Crippen molar-refractivity contribution in [3.63, 3.8) is 0 Å². The number of carbonyl (C=O) groups excluding carboxylic acids is 1. The van der Waals surface area contributed by atoms with Crippen molar-refractivity contribution < 1.29 is 23.0 Å². The van der Waals surface area contributed by atoms with Crippen LogP contribution in [0.2, 0.25) is 18.1 Å². The smallest absolute Gasteiger partial charge is 0.387 e. The molecule has 152 valence electrons. The first-order chi connectivity index (χ1) is 13.0. The van der Waals surface area contributed by atoms with E-state index in [-0.39, 0.29) is 28.4 Å². The van der Waals surface area contributed by atoms with Crippen molar-refractivity contribution in [2.45, 2.75) is 64.5 Å². The molecule has 0 spiro atoms. The third-order valence-corrected chi connectivity index (χ3v) is 13.0. The lowest BCUT2D eigenvalue weighted by Gasteiger charge is -2.34. The van der Waals surface area contributed by atoms with Gasteiger partial charge in [-0.3, -0.25) is 9.78 Å². The Hall–Kier alpha value is -1.80. The molecular weight excluding hydrogens is 400 g/mol. The number of nitrogens with zero attached hydrogens (tertiary/aromatic N) is 1. The molecule has 3 rings (SSSR count). The zero-order valence-electron chi connectivity index (χ0n) is 16.7. The summed E-state index contributed by atoms with van der Waals surface area (Å²) in [5.41, 5.74) is 0.377. The summed E-state index contributed by atoms with van der Waals surface area (Å²) < 4.78 is 36.5. The molecule has 0 saturated heterocycles. The number of halogens is 2. The summed E-state index contributed by atoms with van der Waals surface area (Å²) in [4.78, 5) is 18.0. The number of aromatic nitrogens is 1. The number of rotatable bonds is 7. The van der Waals surface area contributed by atoms with Gasteiger partial charge < -0.3 is 9.47 Å². The minimum Gasteiger partial charge on any atom is -0.487 e. The normalized spacial score (nSPS) is 15.0. The van der Waals surface area contributed by atoms with E-state index in [4.69, 9.17) is 4.74 Å². The molecule has 0 amide bonds. The van der Waals surface area contributed by atoms with Gasteiger partial charge in [-0.2, -0.15) is 8.78 Å². The maximum absolute atomic E-state index is 13.0. The summed E-state index contributed by atoms with van der Waals surface area (Å²) in [5.74, 6) is -0.0563. The van der Waals surface area contributed by atoms with Crippen molar-refractivity contribution in [2.75, 3.05) is 0 Å². The molecule has 1 fully saturated rings. The summed E-state index contributed by atoms with van der Waals surface area (Å²) in [6.45, 7) is 8.15. The van der Waals surface area contributed by atoms with E-state index in [0.29, 0.717) is 10.4 Å². The molecular formula is C20H25F2NO3SSi. The van der Waals surface area contributed by atoms with Crippen LogP contribution in [0.15, 0.2) is 24.4 Å². The molecule has 1 saturated carbocycles. The fourth-order valence-corrected chi connectivity index (χ4v) is 6.36. The van der Waals surface area contributed by atoms with Crippen molar-refractivity contribution >= 4 is 29.8 Å². The summed E-state index contributed by atoms with van der Waals surface area (Å²) in [6, 6.07) is 4.35. The van der Waals surface area contributed by atoms with Gasteiger partial charge in [-0.1, -0.05) is 33.9 Å². The van der Waals surface area contributed by atoms with Crippen LogP contribution < -0.4 is 14.1 Å². The average molecular weight is 426 g/mol. The molecule has 0 atom stereocenters. The standard InChI is InChI=1S/C20H25F2NO3SSi/c1-20(2,3)28(4,5)19-23-11-16(27-19)17(24)12-6-9-14(26-18(21)22)15(10-12)25-13-7-8-13/h6,9-11,13,18H,7-8H2,1-5H3. The van der Waals surface area contributed by atoms with Crippen LogP contribution in [0.4, 0.5) is 8.78 Å². The number of hydrogen-bond donors (Lipinski definition) is 0. The zero-order valence-corrected chi connectivity index (χ0v) is 18.5. The van der Waals surface area contributed by atoms with Gasteiger partial charge in [0.1, 0.15) is 8.07 Å². The Morgan fingerprint density at radius 3 is 2.50 bits per heavy atom. The Morgan fingerprint density at radius 2 is 1.93 bits per heavy atom. The van der Waals surface area contributed by atoms with E-state index in [2.05, 4.69) is 43.6 Å². The predicted molar refractivity (Wildman–Crippen MR) is 109 cm³/mol. The molecule has 4 nitrogen and oxygen atoms in total. The summed E-state index contributed by atoms with van der Waals surface area (Å²) in [5, 5.41) is 0.116. The van der Waals surface area contributed by atoms with Gasteiger partial charge in [0, 0.05) is 11.8 Å². The first kappa shape index (κ1) is 20.9. The third kappa shape index (κ3) is 4.43. The van der Waals surface area contributed by atoms with Gasteiger partial charge in [-0.15, -0.1) is 11.3 Å². The van der Waals surface area contributed by atoms with Crippen LogP contribution in [0.3, 0.4) is 0 Å². The third-order valence-electron chi connectivity index (χ3n) is 5.38. The van der Waals surface area contributed by atoms with Crippen LogP contribution >= 0.6 is 11.3 Å². The van der Waals surface area contributed by atoms with Crippen molar-refractivity contribution in [2.24, 2.45) is 0 Å². The molecule has 1 aromatic carbocycles.